The van der Waals surface area contributed by atoms with Crippen LogP contribution in [0.25, 0.3) is 0 Å². The van der Waals surface area contributed by atoms with Gasteiger partial charge in [-0.2, -0.15) is 0 Å². The number of aromatic hydroxyl groups is 1. The Morgan fingerprint density at radius 1 is 1.12 bits per heavy atom. The van der Waals surface area contributed by atoms with Crippen LogP contribution in [0.2, 0.25) is 0 Å². The number of nitrogens with zero attached hydrogens (tertiary/aromatic N) is 1. The zero-order valence-electron chi connectivity index (χ0n) is 16.0. The van der Waals surface area contributed by atoms with Gasteiger partial charge in [0.1, 0.15) is 18.8 Å². The predicted molar refractivity (Wildman–Crippen MR) is 110 cm³/mol. The quantitative estimate of drug-likeness (QED) is 0.647. The summed E-state index contributed by atoms with van der Waals surface area (Å²) < 4.78 is 5.47. The van der Waals surface area contributed by atoms with Gasteiger partial charge < -0.3 is 24.5 Å². The van der Waals surface area contributed by atoms with Crippen LogP contribution in [0.5, 0.6) is 11.5 Å². The first-order chi connectivity index (χ1) is 12.0. The Bertz CT molecular complexity index is 819. The number of benzene rings is 2. The van der Waals surface area contributed by atoms with E-state index >= 15 is 0 Å². The fraction of sp³-hybridized carbons (Fsp3) is 0.350. The molecule has 0 fully saturated rings. The molecule has 6 heteroatoms. The van der Waals surface area contributed by atoms with Gasteiger partial charge in [0.05, 0.1) is 0 Å². The number of rotatable bonds is 6. The maximum Gasteiger partial charge on any atom is 0.152 e. The van der Waals surface area contributed by atoms with Crippen molar-refractivity contribution in [2.24, 2.45) is 0 Å². The highest BCUT2D eigenvalue weighted by atomic mass is 31.2. The SMILES string of the molecule is C=P(O)(O)COc1cc(C)c(N(C)c2ccc(O)c(C(C)C)c2)c(C)c1. The second kappa shape index (κ2) is 7.75. The fourth-order valence-corrected chi connectivity index (χ4v) is 3.40. The van der Waals surface area contributed by atoms with Crippen LogP contribution in [-0.4, -0.2) is 34.6 Å². The Labute approximate surface area is 155 Å². The topological polar surface area (TPSA) is 73.2 Å². The van der Waals surface area contributed by atoms with Gasteiger partial charge in [-0.05, 0) is 73.1 Å². The van der Waals surface area contributed by atoms with Gasteiger partial charge in [-0.3, -0.25) is 0 Å². The van der Waals surface area contributed by atoms with Crippen molar-refractivity contribution >= 4 is 25.0 Å². The first-order valence-corrected chi connectivity index (χ1v) is 10.5. The number of ether oxygens (including phenoxy) is 1. The van der Waals surface area contributed by atoms with E-state index in [-0.39, 0.29) is 12.3 Å². The van der Waals surface area contributed by atoms with E-state index in [1.54, 1.807) is 6.07 Å². The van der Waals surface area contributed by atoms with Crippen molar-refractivity contribution in [1.29, 1.82) is 0 Å². The van der Waals surface area contributed by atoms with Crippen LogP contribution < -0.4 is 9.64 Å². The minimum absolute atomic E-state index is 0.198. The Balaban J connectivity index is 2.36. The number of aryl methyl sites for hydroxylation is 2. The molecule has 0 aliphatic rings. The van der Waals surface area contributed by atoms with Crippen LogP contribution in [0, 0.1) is 13.8 Å². The number of hydrogen-bond donors (Lipinski definition) is 3. The van der Waals surface area contributed by atoms with Crippen molar-refractivity contribution in [1.82, 2.24) is 0 Å². The number of phenols is 1. The third-order valence-electron chi connectivity index (χ3n) is 4.26. The maximum atomic E-state index is 10.0. The zero-order valence-corrected chi connectivity index (χ0v) is 16.9. The van der Waals surface area contributed by atoms with E-state index in [0.717, 1.165) is 28.1 Å². The highest BCUT2D eigenvalue weighted by Crippen LogP contribution is 2.38. The summed E-state index contributed by atoms with van der Waals surface area (Å²) in [6.45, 7) is 8.07. The van der Waals surface area contributed by atoms with Crippen LogP contribution in [0.15, 0.2) is 30.3 Å². The molecule has 0 aromatic heterocycles. The average molecular weight is 377 g/mol. The third kappa shape index (κ3) is 4.82. The molecule has 0 bridgehead atoms. The molecule has 5 nitrogen and oxygen atoms in total. The molecule has 3 N–H and O–H groups in total. The summed E-state index contributed by atoms with van der Waals surface area (Å²) in [6, 6.07) is 9.37. The number of anilines is 2. The Hall–Kier alpha value is -1.94. The smallest absolute Gasteiger partial charge is 0.152 e. The average Bonchev–Trinajstić information content (AvgIpc) is 2.51. The van der Waals surface area contributed by atoms with Crippen molar-refractivity contribution in [3.05, 3.63) is 47.0 Å². The molecule has 0 radical (unpaired) electrons. The molecule has 0 spiro atoms. The number of hydrogen-bond acceptors (Lipinski definition) is 5. The van der Waals surface area contributed by atoms with Gasteiger partial charge in [0, 0.05) is 18.4 Å². The van der Waals surface area contributed by atoms with Gasteiger partial charge in [0.2, 0.25) is 0 Å². The van der Waals surface area contributed by atoms with Gasteiger partial charge in [-0.1, -0.05) is 13.8 Å². The van der Waals surface area contributed by atoms with Crippen LogP contribution in [0.4, 0.5) is 11.4 Å². The molecule has 0 saturated carbocycles. The molecular formula is C20H28NO4P. The van der Waals surface area contributed by atoms with Crippen LogP contribution >= 0.6 is 7.34 Å². The highest BCUT2D eigenvalue weighted by Gasteiger charge is 2.15. The molecule has 142 valence electrons. The van der Waals surface area contributed by atoms with Gasteiger partial charge >= 0.3 is 0 Å². The van der Waals surface area contributed by atoms with E-state index in [1.165, 1.54) is 0 Å². The molecule has 2 rings (SSSR count). The van der Waals surface area contributed by atoms with E-state index in [0.29, 0.717) is 11.5 Å². The van der Waals surface area contributed by atoms with Crippen LogP contribution in [-0.2, 0) is 0 Å². The lowest BCUT2D eigenvalue weighted by atomic mass is 10.0. The molecule has 0 aliphatic carbocycles. The maximum absolute atomic E-state index is 10.0. The summed E-state index contributed by atoms with van der Waals surface area (Å²) in [5.74, 6) is 1.12. The Morgan fingerprint density at radius 2 is 1.69 bits per heavy atom. The van der Waals surface area contributed by atoms with Crippen LogP contribution in [0.1, 0.15) is 36.5 Å². The monoisotopic (exact) mass is 377 g/mol. The minimum Gasteiger partial charge on any atom is -0.508 e. The van der Waals surface area contributed by atoms with E-state index in [9.17, 15) is 14.9 Å². The highest BCUT2D eigenvalue weighted by molar-refractivity contribution is 7.62. The summed E-state index contributed by atoms with van der Waals surface area (Å²) in [6.07, 6.45) is 3.12. The second-order valence-electron chi connectivity index (χ2n) is 7.01. The summed E-state index contributed by atoms with van der Waals surface area (Å²) in [5, 5.41) is 10.0. The summed E-state index contributed by atoms with van der Waals surface area (Å²) >= 11 is 0. The molecule has 0 unspecified atom stereocenters. The lowest BCUT2D eigenvalue weighted by Crippen LogP contribution is -2.13. The second-order valence-corrected chi connectivity index (χ2v) is 9.03. The lowest BCUT2D eigenvalue weighted by molar-refractivity contribution is 0.344. The standard InChI is InChI=1S/C20H28NO4P/c1-13(2)18-11-16(7-8-19(18)22)21(5)20-14(3)9-17(10-15(20)4)25-12-26(6,23)24/h7-11,13,22-24H,6,12H2,1-5H3. The molecule has 0 atom stereocenters. The van der Waals surface area contributed by atoms with E-state index in [1.807, 2.05) is 45.2 Å². The molecular weight excluding hydrogens is 349 g/mol. The first kappa shape index (κ1) is 20.4. The lowest BCUT2D eigenvalue weighted by Gasteiger charge is -2.26. The summed E-state index contributed by atoms with van der Waals surface area (Å²) in [4.78, 5) is 20.9. The van der Waals surface area contributed by atoms with Crippen LogP contribution in [0.3, 0.4) is 0 Å². The predicted octanol–water partition coefficient (Wildman–Crippen LogP) is 4.50. The van der Waals surface area contributed by atoms with Crippen molar-refractivity contribution in [3.63, 3.8) is 0 Å². The fourth-order valence-electron chi connectivity index (χ4n) is 3.05. The molecule has 26 heavy (non-hydrogen) atoms. The van der Waals surface area contributed by atoms with Gasteiger partial charge in [0.15, 0.2) is 6.35 Å². The van der Waals surface area contributed by atoms with Gasteiger partial charge in [0.25, 0.3) is 0 Å². The van der Waals surface area contributed by atoms with E-state index in [2.05, 4.69) is 25.0 Å². The normalized spacial score (nSPS) is 11.7. The molecule has 0 amide bonds. The molecule has 0 saturated heterocycles. The van der Waals surface area contributed by atoms with Crippen molar-refractivity contribution in [2.45, 2.75) is 33.6 Å². The molecule has 0 heterocycles. The summed E-state index contributed by atoms with van der Waals surface area (Å²) in [5.41, 5.74) is 4.95. The van der Waals surface area contributed by atoms with Gasteiger partial charge in [-0.15, -0.1) is 0 Å². The van der Waals surface area contributed by atoms with Crippen molar-refractivity contribution in [3.8, 4) is 11.5 Å². The zero-order chi connectivity index (χ0) is 19.6. The summed E-state index contributed by atoms with van der Waals surface area (Å²) in [7, 11) is -1.23. The number of phenolic OH excluding ortho intramolecular Hbond substituents is 1. The Kier molecular flexibility index (Phi) is 6.07. The Morgan fingerprint density at radius 3 is 2.19 bits per heavy atom. The molecule has 2 aromatic carbocycles. The van der Waals surface area contributed by atoms with Crippen molar-refractivity contribution in [2.75, 3.05) is 18.3 Å². The third-order valence-corrected chi connectivity index (χ3v) is 4.80. The van der Waals surface area contributed by atoms with Crippen molar-refractivity contribution < 1.29 is 19.6 Å². The minimum atomic E-state index is -3.22. The molecule has 2 aromatic rings. The first-order valence-electron chi connectivity index (χ1n) is 8.48. The largest absolute Gasteiger partial charge is 0.508 e. The van der Waals surface area contributed by atoms with Gasteiger partial charge in [-0.25, -0.2) is 0 Å². The van der Waals surface area contributed by atoms with E-state index < -0.39 is 7.34 Å². The van der Waals surface area contributed by atoms with E-state index in [4.69, 9.17) is 4.74 Å². The molecule has 0 aliphatic heterocycles.